The van der Waals surface area contributed by atoms with Crippen LogP contribution in [0.15, 0.2) is 42.5 Å². The van der Waals surface area contributed by atoms with E-state index in [1.54, 1.807) is 6.07 Å². The van der Waals surface area contributed by atoms with Crippen LogP contribution in [0, 0.1) is 0 Å². The molecule has 122 valence electrons. The first kappa shape index (κ1) is 16.1. The summed E-state index contributed by atoms with van der Waals surface area (Å²) in [4.78, 5) is 6.71. The van der Waals surface area contributed by atoms with Gasteiger partial charge in [-0.15, -0.1) is 0 Å². The number of nitrogens with zero attached hydrogens (tertiary/aromatic N) is 2. The van der Waals surface area contributed by atoms with Gasteiger partial charge in [-0.25, -0.2) is 4.98 Å². The fourth-order valence-electron chi connectivity index (χ4n) is 2.73. The van der Waals surface area contributed by atoms with Gasteiger partial charge in [-0.3, -0.25) is 0 Å². The van der Waals surface area contributed by atoms with Crippen LogP contribution in [0.3, 0.4) is 0 Å². The molecule has 23 heavy (non-hydrogen) atoms. The van der Waals surface area contributed by atoms with E-state index in [9.17, 15) is 0 Å². The Labute approximate surface area is 142 Å². The van der Waals surface area contributed by atoms with Crippen LogP contribution in [0.5, 0.6) is 5.75 Å². The lowest BCUT2D eigenvalue weighted by molar-refractivity contribution is 0.263. The number of halogens is 1. The van der Waals surface area contributed by atoms with Crippen molar-refractivity contribution in [2.45, 2.75) is 25.5 Å². The fraction of sp³-hybridized carbons (Fsp3) is 0.389. The van der Waals surface area contributed by atoms with Gasteiger partial charge in [0, 0.05) is 18.2 Å². The van der Waals surface area contributed by atoms with Crippen molar-refractivity contribution in [3.8, 4) is 5.75 Å². The SMILES string of the molecule is CN1CCC(Nc2cc(OCc3ccccc3)cc(Cl)n2)CC1. The van der Waals surface area contributed by atoms with E-state index in [2.05, 4.69) is 22.2 Å². The normalized spacial score (nSPS) is 16.3. The zero-order valence-corrected chi connectivity index (χ0v) is 14.1. The van der Waals surface area contributed by atoms with Gasteiger partial charge in [0.25, 0.3) is 0 Å². The number of hydrogen-bond donors (Lipinski definition) is 1. The zero-order valence-electron chi connectivity index (χ0n) is 13.3. The van der Waals surface area contributed by atoms with Crippen molar-refractivity contribution in [3.63, 3.8) is 0 Å². The van der Waals surface area contributed by atoms with Crippen LogP contribution in [0.25, 0.3) is 0 Å². The summed E-state index contributed by atoms with van der Waals surface area (Å²) in [6, 6.07) is 14.2. The number of likely N-dealkylation sites (tertiary alicyclic amines) is 1. The minimum absolute atomic E-state index is 0.444. The highest BCUT2D eigenvalue weighted by Crippen LogP contribution is 2.23. The van der Waals surface area contributed by atoms with Gasteiger partial charge in [-0.1, -0.05) is 41.9 Å². The quantitative estimate of drug-likeness (QED) is 0.845. The monoisotopic (exact) mass is 331 g/mol. The molecule has 0 aliphatic carbocycles. The van der Waals surface area contributed by atoms with Gasteiger partial charge in [-0.2, -0.15) is 0 Å². The first-order valence-electron chi connectivity index (χ1n) is 7.98. The molecule has 0 bridgehead atoms. The van der Waals surface area contributed by atoms with Crippen LogP contribution in [-0.4, -0.2) is 36.1 Å². The molecule has 1 aromatic heterocycles. The largest absolute Gasteiger partial charge is 0.489 e. The van der Waals surface area contributed by atoms with Crippen molar-refractivity contribution < 1.29 is 4.74 Å². The summed E-state index contributed by atoms with van der Waals surface area (Å²) >= 11 is 6.13. The highest BCUT2D eigenvalue weighted by molar-refractivity contribution is 6.29. The predicted molar refractivity (Wildman–Crippen MR) is 94.2 cm³/mol. The number of benzene rings is 1. The minimum Gasteiger partial charge on any atom is -0.489 e. The van der Waals surface area contributed by atoms with Crippen molar-refractivity contribution in [1.29, 1.82) is 0 Å². The molecule has 0 spiro atoms. The van der Waals surface area contributed by atoms with Gasteiger partial charge in [0.15, 0.2) is 0 Å². The fourth-order valence-corrected chi connectivity index (χ4v) is 2.93. The van der Waals surface area contributed by atoms with Crippen molar-refractivity contribution in [2.75, 3.05) is 25.5 Å². The number of hydrogen-bond acceptors (Lipinski definition) is 4. The Kier molecular flexibility index (Phi) is 5.36. The predicted octanol–water partition coefficient (Wildman–Crippen LogP) is 3.82. The van der Waals surface area contributed by atoms with E-state index in [1.807, 2.05) is 36.4 Å². The molecular formula is C18H22ClN3O. The molecule has 1 saturated heterocycles. The molecule has 3 rings (SSSR count). The average Bonchev–Trinajstić information content (AvgIpc) is 2.56. The minimum atomic E-state index is 0.444. The maximum Gasteiger partial charge on any atom is 0.135 e. The Morgan fingerprint density at radius 3 is 2.70 bits per heavy atom. The second-order valence-electron chi connectivity index (χ2n) is 6.01. The second-order valence-corrected chi connectivity index (χ2v) is 6.39. The standard InChI is InChI=1S/C18H22ClN3O/c1-22-9-7-15(8-10-22)20-18-12-16(11-17(19)21-18)23-13-14-5-3-2-4-6-14/h2-6,11-12,15H,7-10,13H2,1H3,(H,20,21). The lowest BCUT2D eigenvalue weighted by atomic mass is 10.1. The molecule has 1 N–H and O–H groups in total. The number of ether oxygens (including phenoxy) is 1. The lowest BCUT2D eigenvalue weighted by Crippen LogP contribution is -2.36. The Bertz CT molecular complexity index is 627. The Hall–Kier alpha value is -1.78. The molecule has 2 aromatic rings. The highest BCUT2D eigenvalue weighted by Gasteiger charge is 2.17. The first-order chi connectivity index (χ1) is 11.2. The molecule has 0 unspecified atom stereocenters. The number of aromatic nitrogens is 1. The van der Waals surface area contributed by atoms with Crippen molar-refractivity contribution >= 4 is 17.4 Å². The topological polar surface area (TPSA) is 37.4 Å². The molecule has 0 amide bonds. The number of nitrogens with one attached hydrogen (secondary N) is 1. The van der Waals surface area contributed by atoms with E-state index in [-0.39, 0.29) is 0 Å². The van der Waals surface area contributed by atoms with Crippen molar-refractivity contribution in [1.82, 2.24) is 9.88 Å². The maximum absolute atomic E-state index is 6.13. The Balaban J connectivity index is 1.62. The van der Waals surface area contributed by atoms with Gasteiger partial charge >= 0.3 is 0 Å². The summed E-state index contributed by atoms with van der Waals surface area (Å²) < 4.78 is 5.85. The summed E-state index contributed by atoms with van der Waals surface area (Å²) in [5.74, 6) is 1.53. The summed E-state index contributed by atoms with van der Waals surface area (Å²) in [6.07, 6.45) is 2.23. The number of pyridine rings is 1. The van der Waals surface area contributed by atoms with E-state index < -0.39 is 0 Å². The Morgan fingerprint density at radius 2 is 1.96 bits per heavy atom. The van der Waals surface area contributed by atoms with Crippen LogP contribution in [0.1, 0.15) is 18.4 Å². The molecule has 1 fully saturated rings. The average molecular weight is 332 g/mol. The molecule has 4 nitrogen and oxygen atoms in total. The van der Waals surface area contributed by atoms with E-state index in [0.717, 1.165) is 43.1 Å². The van der Waals surface area contributed by atoms with E-state index in [1.165, 1.54) is 0 Å². The lowest BCUT2D eigenvalue weighted by Gasteiger charge is -2.29. The molecule has 1 aliphatic heterocycles. The van der Waals surface area contributed by atoms with Gasteiger partial charge < -0.3 is 15.0 Å². The van der Waals surface area contributed by atoms with Crippen LogP contribution in [-0.2, 0) is 6.61 Å². The molecular weight excluding hydrogens is 310 g/mol. The highest BCUT2D eigenvalue weighted by atomic mass is 35.5. The third-order valence-electron chi connectivity index (χ3n) is 4.09. The van der Waals surface area contributed by atoms with Crippen LogP contribution in [0.2, 0.25) is 5.15 Å². The molecule has 0 atom stereocenters. The van der Waals surface area contributed by atoms with Gasteiger partial charge in [-0.05, 0) is 38.5 Å². The van der Waals surface area contributed by atoms with Crippen LogP contribution < -0.4 is 10.1 Å². The van der Waals surface area contributed by atoms with Crippen molar-refractivity contribution in [3.05, 3.63) is 53.2 Å². The zero-order chi connectivity index (χ0) is 16.1. The summed E-state index contributed by atoms with van der Waals surface area (Å²) in [6.45, 7) is 2.74. The summed E-state index contributed by atoms with van der Waals surface area (Å²) in [5, 5.41) is 3.93. The third-order valence-corrected chi connectivity index (χ3v) is 4.28. The van der Waals surface area contributed by atoms with Crippen LogP contribution in [0.4, 0.5) is 5.82 Å². The molecule has 0 saturated carbocycles. The third kappa shape index (κ3) is 4.85. The molecule has 1 aliphatic rings. The summed E-state index contributed by atoms with van der Waals surface area (Å²) in [7, 11) is 2.16. The maximum atomic E-state index is 6.13. The Morgan fingerprint density at radius 1 is 1.22 bits per heavy atom. The number of piperidine rings is 1. The van der Waals surface area contributed by atoms with Gasteiger partial charge in [0.05, 0.1) is 0 Å². The van der Waals surface area contributed by atoms with E-state index in [0.29, 0.717) is 17.8 Å². The van der Waals surface area contributed by atoms with Gasteiger partial charge in [0.2, 0.25) is 0 Å². The first-order valence-corrected chi connectivity index (χ1v) is 8.36. The summed E-state index contributed by atoms with van der Waals surface area (Å²) in [5.41, 5.74) is 1.13. The molecule has 5 heteroatoms. The van der Waals surface area contributed by atoms with E-state index >= 15 is 0 Å². The number of anilines is 1. The van der Waals surface area contributed by atoms with Crippen LogP contribution >= 0.6 is 11.6 Å². The van der Waals surface area contributed by atoms with E-state index in [4.69, 9.17) is 16.3 Å². The van der Waals surface area contributed by atoms with Crippen molar-refractivity contribution in [2.24, 2.45) is 0 Å². The number of rotatable bonds is 5. The molecule has 0 radical (unpaired) electrons. The van der Waals surface area contributed by atoms with Gasteiger partial charge in [0.1, 0.15) is 23.3 Å². The molecule has 2 heterocycles. The smallest absolute Gasteiger partial charge is 0.135 e. The second kappa shape index (κ2) is 7.66. The molecule has 1 aromatic carbocycles.